The second-order valence-corrected chi connectivity index (χ2v) is 13.6. The largest absolute Gasteiger partial charge is 0.748 e. The Morgan fingerprint density at radius 1 is 0.912 bits per heavy atom. The first-order valence-electron chi connectivity index (χ1n) is 12.7. The molecule has 10 nitrogen and oxygen atoms in total. The fourth-order valence-corrected chi connectivity index (χ4v) is 5.69. The average Bonchev–Trinajstić information content (AvgIpc) is 2.76. The highest BCUT2D eigenvalue weighted by molar-refractivity contribution is 7.85. The van der Waals surface area contributed by atoms with Crippen molar-refractivity contribution in [2.45, 2.75) is 83.2 Å². The molecule has 34 heavy (non-hydrogen) atoms. The minimum Gasteiger partial charge on any atom is -0.748 e. The summed E-state index contributed by atoms with van der Waals surface area (Å²) in [6.45, 7) is 5.92. The molecule has 0 radical (unpaired) electrons. The highest BCUT2D eigenvalue weighted by Gasteiger charge is 2.38. The van der Waals surface area contributed by atoms with Crippen LogP contribution in [0.15, 0.2) is 0 Å². The van der Waals surface area contributed by atoms with Crippen LogP contribution in [0.2, 0.25) is 6.04 Å². The highest BCUT2D eigenvalue weighted by atomic mass is 32.2. The second kappa shape index (κ2) is 17.3. The number of hydrogen-bond donors (Lipinski definition) is 5. The van der Waals surface area contributed by atoms with Gasteiger partial charge >= 0.3 is 8.80 Å². The molecule has 0 aliphatic carbocycles. The Morgan fingerprint density at radius 3 is 1.97 bits per heavy atom. The molecular weight excluding hydrogens is 480 g/mol. The molecule has 0 bridgehead atoms. The predicted molar refractivity (Wildman–Crippen MR) is 134 cm³/mol. The van der Waals surface area contributed by atoms with Gasteiger partial charge in [0, 0.05) is 18.2 Å². The number of aliphatic hydroxyl groups is 2. The molecule has 0 aromatic heterocycles. The molecular formula is C22H50N2O8SSi. The maximum absolute atomic E-state index is 10.7. The number of quaternary nitrogens is 1. The molecule has 0 saturated heterocycles. The third kappa shape index (κ3) is 16.5. The number of nitrogens with zero attached hydrogens (tertiary/aromatic N) is 1. The number of nitrogens with one attached hydrogen (secondary N) is 1. The zero-order valence-electron chi connectivity index (χ0n) is 21.5. The summed E-state index contributed by atoms with van der Waals surface area (Å²) in [5.41, 5.74) is -1.36. The molecule has 1 atom stereocenters. The van der Waals surface area contributed by atoms with E-state index in [0.29, 0.717) is 6.42 Å². The van der Waals surface area contributed by atoms with E-state index in [0.717, 1.165) is 43.4 Å². The SMILES string of the molecule is CCCCCC[N+](C)(CCCCC)CCC[Si](O)(O)OCC(CO)(CO)NCCCS(=O)(=O)[O-]. The van der Waals surface area contributed by atoms with Crippen LogP contribution in [0.4, 0.5) is 0 Å². The van der Waals surface area contributed by atoms with Gasteiger partial charge < -0.3 is 38.6 Å². The van der Waals surface area contributed by atoms with Crippen LogP contribution in [-0.2, 0) is 14.5 Å². The van der Waals surface area contributed by atoms with Crippen LogP contribution in [0.25, 0.3) is 0 Å². The number of aliphatic hydroxyl groups excluding tert-OH is 2. The molecule has 0 aromatic carbocycles. The van der Waals surface area contributed by atoms with Crippen molar-refractivity contribution in [3.05, 3.63) is 0 Å². The van der Waals surface area contributed by atoms with Gasteiger partial charge in [-0.1, -0.05) is 33.1 Å². The van der Waals surface area contributed by atoms with E-state index in [1.54, 1.807) is 0 Å². The number of unbranched alkanes of at least 4 members (excludes halogenated alkanes) is 5. The first-order valence-corrected chi connectivity index (χ1v) is 16.3. The lowest BCUT2D eigenvalue weighted by Crippen LogP contribution is -2.58. The Labute approximate surface area is 208 Å². The topological polar surface area (TPSA) is 159 Å². The lowest BCUT2D eigenvalue weighted by atomic mass is 10.0. The van der Waals surface area contributed by atoms with Gasteiger partial charge in [0.2, 0.25) is 0 Å². The molecule has 0 aliphatic heterocycles. The summed E-state index contributed by atoms with van der Waals surface area (Å²) in [6.07, 6.45) is 8.86. The molecule has 0 amide bonds. The Kier molecular flexibility index (Phi) is 17.3. The first kappa shape index (κ1) is 33.8. The van der Waals surface area contributed by atoms with Gasteiger partial charge in [-0.25, -0.2) is 8.42 Å². The maximum Gasteiger partial charge on any atom is 0.495 e. The van der Waals surface area contributed by atoms with Crippen molar-refractivity contribution in [1.82, 2.24) is 5.32 Å². The van der Waals surface area contributed by atoms with Crippen LogP contribution in [-0.4, -0.2) is 110 Å². The van der Waals surface area contributed by atoms with E-state index < -0.39 is 43.4 Å². The maximum atomic E-state index is 10.7. The predicted octanol–water partition coefficient (Wildman–Crippen LogP) is 0.782. The molecule has 0 spiro atoms. The van der Waals surface area contributed by atoms with Gasteiger partial charge in [-0.3, -0.25) is 0 Å². The summed E-state index contributed by atoms with van der Waals surface area (Å²) in [6, 6.07) is 0.116. The zero-order chi connectivity index (χ0) is 26.1. The molecule has 0 aliphatic rings. The van der Waals surface area contributed by atoms with Crippen LogP contribution >= 0.6 is 0 Å². The summed E-state index contributed by atoms with van der Waals surface area (Å²) < 4.78 is 38.4. The monoisotopic (exact) mass is 530 g/mol. The van der Waals surface area contributed by atoms with Crippen molar-refractivity contribution in [3.63, 3.8) is 0 Å². The molecule has 0 fully saturated rings. The van der Waals surface area contributed by atoms with Crippen molar-refractivity contribution in [3.8, 4) is 0 Å². The second-order valence-electron chi connectivity index (χ2n) is 9.83. The lowest BCUT2D eigenvalue weighted by Gasteiger charge is -2.36. The molecule has 1 unspecified atom stereocenters. The molecule has 0 heterocycles. The average molecular weight is 531 g/mol. The molecule has 5 N–H and O–H groups in total. The van der Waals surface area contributed by atoms with Gasteiger partial charge in [-0.15, -0.1) is 0 Å². The molecule has 12 heteroatoms. The van der Waals surface area contributed by atoms with Gasteiger partial charge in [0.25, 0.3) is 0 Å². The standard InChI is InChI=1S/C22H50N2O8SSi/c1-4-6-8-10-15-24(3,14-9-7-5-2)16-12-18-34(30,31)32-21-22(19-25,20-26)23-13-11-17-33(27,28)29/h23,25-26,30-31H,4-21H2,1-3H3. The molecule has 0 saturated carbocycles. The van der Waals surface area contributed by atoms with Crippen LogP contribution in [0.3, 0.4) is 0 Å². The normalized spacial score (nSPS) is 14.9. The van der Waals surface area contributed by atoms with Crippen molar-refractivity contribution in [2.75, 3.05) is 58.8 Å². The van der Waals surface area contributed by atoms with Crippen molar-refractivity contribution in [2.24, 2.45) is 0 Å². The van der Waals surface area contributed by atoms with Crippen molar-refractivity contribution >= 4 is 18.9 Å². The fraction of sp³-hybridized carbons (Fsp3) is 1.00. The summed E-state index contributed by atoms with van der Waals surface area (Å²) in [5, 5.41) is 22.2. The van der Waals surface area contributed by atoms with Crippen molar-refractivity contribution in [1.29, 1.82) is 0 Å². The van der Waals surface area contributed by atoms with Crippen LogP contribution < -0.4 is 5.32 Å². The van der Waals surface area contributed by atoms with Crippen LogP contribution in [0.5, 0.6) is 0 Å². The third-order valence-corrected chi connectivity index (χ3v) is 8.71. The molecule has 0 aromatic rings. The summed E-state index contributed by atoms with van der Waals surface area (Å²) >= 11 is 0. The third-order valence-electron chi connectivity index (χ3n) is 6.31. The van der Waals surface area contributed by atoms with E-state index in [4.69, 9.17) is 4.43 Å². The summed E-state index contributed by atoms with van der Waals surface area (Å²) in [4.78, 5) is 20.9. The van der Waals surface area contributed by atoms with E-state index >= 15 is 0 Å². The Bertz CT molecular complexity index is 620. The summed E-state index contributed by atoms with van der Waals surface area (Å²) in [7, 11) is -6.14. The van der Waals surface area contributed by atoms with Crippen LogP contribution in [0.1, 0.15) is 71.6 Å². The van der Waals surface area contributed by atoms with E-state index in [9.17, 15) is 32.8 Å². The van der Waals surface area contributed by atoms with Crippen molar-refractivity contribution < 1.29 is 41.7 Å². The Balaban J connectivity index is 4.73. The van der Waals surface area contributed by atoms with E-state index in [1.807, 2.05) is 0 Å². The number of rotatable bonds is 23. The van der Waals surface area contributed by atoms with E-state index in [1.165, 1.54) is 25.7 Å². The zero-order valence-corrected chi connectivity index (χ0v) is 23.3. The van der Waals surface area contributed by atoms with Gasteiger partial charge in [-0.2, -0.15) is 0 Å². The Morgan fingerprint density at radius 2 is 1.44 bits per heavy atom. The Hall–Kier alpha value is -0.153. The van der Waals surface area contributed by atoms with Gasteiger partial charge in [0.15, 0.2) is 0 Å². The van der Waals surface area contributed by atoms with Gasteiger partial charge in [-0.05, 0) is 38.6 Å². The lowest BCUT2D eigenvalue weighted by molar-refractivity contribution is -0.910. The molecule has 206 valence electrons. The molecule has 0 rings (SSSR count). The fourth-order valence-electron chi connectivity index (χ4n) is 3.92. The van der Waals surface area contributed by atoms with Gasteiger partial charge in [0.05, 0.1) is 62.2 Å². The minimum absolute atomic E-state index is 0.00118. The van der Waals surface area contributed by atoms with Crippen LogP contribution in [0, 0.1) is 0 Å². The quantitative estimate of drug-likeness (QED) is 0.0557. The number of hydrogen-bond acceptors (Lipinski definition) is 9. The summed E-state index contributed by atoms with van der Waals surface area (Å²) in [5.74, 6) is -0.569. The minimum atomic E-state index is -4.35. The smallest absolute Gasteiger partial charge is 0.495 e. The van der Waals surface area contributed by atoms with Gasteiger partial charge in [0.1, 0.15) is 0 Å². The highest BCUT2D eigenvalue weighted by Crippen LogP contribution is 2.17. The van der Waals surface area contributed by atoms with E-state index in [2.05, 4.69) is 26.2 Å². The first-order chi connectivity index (χ1) is 15.9. The van der Waals surface area contributed by atoms with E-state index in [-0.39, 0.29) is 25.6 Å².